The van der Waals surface area contributed by atoms with Crippen LogP contribution in [0.3, 0.4) is 0 Å². The number of aromatic nitrogens is 2. The van der Waals surface area contributed by atoms with Gasteiger partial charge in [0, 0.05) is 34.8 Å². The summed E-state index contributed by atoms with van der Waals surface area (Å²) in [4.78, 5) is 12.4. The molecule has 0 spiro atoms. The van der Waals surface area contributed by atoms with Crippen LogP contribution < -0.4 is 5.73 Å². The molecule has 1 aliphatic heterocycles. The standard InChI is InChI=1S/C15H14F2N4S/c1-15(11-3-2-10(16)4-12(11)17)5-13(22-14(18)21-15)9-6-19-8-20-7-9/h2-4,6-8,13H,5H2,1H3,(H2,18,21)/t13-,15-/m0/s1. The zero-order valence-corrected chi connectivity index (χ0v) is 12.6. The highest BCUT2D eigenvalue weighted by Crippen LogP contribution is 2.46. The van der Waals surface area contributed by atoms with Crippen molar-refractivity contribution in [1.29, 1.82) is 0 Å². The number of nitrogens with two attached hydrogens (primary N) is 1. The smallest absolute Gasteiger partial charge is 0.155 e. The predicted molar refractivity (Wildman–Crippen MR) is 82.3 cm³/mol. The van der Waals surface area contributed by atoms with Crippen molar-refractivity contribution < 1.29 is 8.78 Å². The summed E-state index contributed by atoms with van der Waals surface area (Å²) in [6.45, 7) is 1.80. The molecule has 1 aliphatic rings. The van der Waals surface area contributed by atoms with Crippen LogP contribution in [0.4, 0.5) is 8.78 Å². The van der Waals surface area contributed by atoms with Crippen molar-refractivity contribution in [3.63, 3.8) is 0 Å². The summed E-state index contributed by atoms with van der Waals surface area (Å²) in [7, 11) is 0. The average molecular weight is 320 g/mol. The van der Waals surface area contributed by atoms with E-state index in [0.717, 1.165) is 11.6 Å². The lowest BCUT2D eigenvalue weighted by Gasteiger charge is -2.34. The largest absolute Gasteiger partial charge is 0.378 e. The fraction of sp³-hybridized carbons (Fsp3) is 0.267. The summed E-state index contributed by atoms with van der Waals surface area (Å²) in [5, 5.41) is 0.333. The van der Waals surface area contributed by atoms with Crippen molar-refractivity contribution in [2.75, 3.05) is 0 Å². The lowest BCUT2D eigenvalue weighted by Crippen LogP contribution is -2.31. The molecule has 2 N–H and O–H groups in total. The first kappa shape index (κ1) is 14.9. The molecule has 7 heteroatoms. The number of thioether (sulfide) groups is 1. The lowest BCUT2D eigenvalue weighted by molar-refractivity contribution is 0.421. The number of hydrogen-bond acceptors (Lipinski definition) is 5. The van der Waals surface area contributed by atoms with Crippen molar-refractivity contribution in [2.45, 2.75) is 24.1 Å². The molecule has 2 atom stereocenters. The molecule has 4 nitrogen and oxygen atoms in total. The van der Waals surface area contributed by atoms with Gasteiger partial charge in [0.15, 0.2) is 5.17 Å². The average Bonchev–Trinajstić information content (AvgIpc) is 2.47. The summed E-state index contributed by atoms with van der Waals surface area (Å²) in [6, 6.07) is 3.53. The third-order valence-corrected chi connectivity index (χ3v) is 4.72. The molecule has 2 heterocycles. The van der Waals surface area contributed by atoms with Crippen LogP contribution in [0.25, 0.3) is 0 Å². The third kappa shape index (κ3) is 2.81. The van der Waals surface area contributed by atoms with E-state index >= 15 is 0 Å². The van der Waals surface area contributed by atoms with Gasteiger partial charge in [-0.2, -0.15) is 0 Å². The second-order valence-corrected chi connectivity index (χ2v) is 6.55. The van der Waals surface area contributed by atoms with Gasteiger partial charge in [-0.05, 0) is 19.4 Å². The van der Waals surface area contributed by atoms with Crippen molar-refractivity contribution >= 4 is 16.9 Å². The van der Waals surface area contributed by atoms with Crippen LogP contribution in [-0.4, -0.2) is 15.1 Å². The number of aliphatic imine (C=N–C) groups is 1. The summed E-state index contributed by atoms with van der Waals surface area (Å²) in [5.74, 6) is -1.23. The van der Waals surface area contributed by atoms with Crippen LogP contribution in [0, 0.1) is 11.6 Å². The minimum Gasteiger partial charge on any atom is -0.378 e. The van der Waals surface area contributed by atoms with Gasteiger partial charge in [-0.3, -0.25) is 4.99 Å². The first-order valence-corrected chi connectivity index (χ1v) is 7.58. The Bertz CT molecular complexity index is 723. The van der Waals surface area contributed by atoms with Gasteiger partial charge in [0.25, 0.3) is 0 Å². The molecule has 1 aromatic carbocycles. The molecule has 0 aliphatic carbocycles. The first-order chi connectivity index (χ1) is 10.5. The summed E-state index contributed by atoms with van der Waals surface area (Å²) < 4.78 is 27.3. The number of rotatable bonds is 2. The van der Waals surface area contributed by atoms with Gasteiger partial charge in [-0.25, -0.2) is 18.7 Å². The normalized spacial score (nSPS) is 24.9. The van der Waals surface area contributed by atoms with Gasteiger partial charge in [-0.1, -0.05) is 17.8 Å². The van der Waals surface area contributed by atoms with E-state index in [9.17, 15) is 8.78 Å². The Hall–Kier alpha value is -2.02. The Balaban J connectivity index is 2.00. The zero-order chi connectivity index (χ0) is 15.7. The van der Waals surface area contributed by atoms with Crippen molar-refractivity contribution in [1.82, 2.24) is 9.97 Å². The Morgan fingerprint density at radius 3 is 2.68 bits per heavy atom. The predicted octanol–water partition coefficient (Wildman–Crippen LogP) is 3.16. The van der Waals surface area contributed by atoms with Gasteiger partial charge in [-0.15, -0.1) is 0 Å². The maximum absolute atomic E-state index is 14.2. The van der Waals surface area contributed by atoms with E-state index in [2.05, 4.69) is 15.0 Å². The summed E-state index contributed by atoms with van der Waals surface area (Å²) in [5.41, 5.74) is 6.31. The van der Waals surface area contributed by atoms with E-state index in [-0.39, 0.29) is 5.25 Å². The Morgan fingerprint density at radius 1 is 1.27 bits per heavy atom. The molecule has 0 unspecified atom stereocenters. The Kier molecular flexibility index (Phi) is 3.82. The quantitative estimate of drug-likeness (QED) is 0.923. The molecule has 0 amide bonds. The highest BCUT2D eigenvalue weighted by Gasteiger charge is 2.37. The molecule has 0 radical (unpaired) electrons. The fourth-order valence-corrected chi connectivity index (χ4v) is 3.83. The van der Waals surface area contributed by atoms with Crippen LogP contribution in [0.5, 0.6) is 0 Å². The molecular weight excluding hydrogens is 306 g/mol. The molecule has 114 valence electrons. The van der Waals surface area contributed by atoms with Crippen molar-refractivity contribution in [3.05, 3.63) is 59.7 Å². The third-order valence-electron chi connectivity index (χ3n) is 3.67. The molecule has 22 heavy (non-hydrogen) atoms. The SMILES string of the molecule is C[C@@]1(c2ccc(F)cc2F)C[C@@H](c2cncnc2)SC(N)=N1. The maximum Gasteiger partial charge on any atom is 0.155 e. The maximum atomic E-state index is 14.2. The molecule has 0 saturated heterocycles. The minimum atomic E-state index is -0.854. The van der Waals surface area contributed by atoms with Crippen molar-refractivity contribution in [3.8, 4) is 0 Å². The van der Waals surface area contributed by atoms with Gasteiger partial charge in [0.2, 0.25) is 0 Å². The molecule has 0 fully saturated rings. The van der Waals surface area contributed by atoms with Crippen LogP contribution in [-0.2, 0) is 5.54 Å². The van der Waals surface area contributed by atoms with E-state index in [1.807, 2.05) is 0 Å². The molecule has 2 aromatic rings. The van der Waals surface area contributed by atoms with Gasteiger partial charge >= 0.3 is 0 Å². The second kappa shape index (κ2) is 5.64. The monoisotopic (exact) mass is 320 g/mol. The molecule has 1 aromatic heterocycles. The number of halogens is 2. The van der Waals surface area contributed by atoms with E-state index < -0.39 is 17.2 Å². The second-order valence-electron chi connectivity index (χ2n) is 5.33. The van der Waals surface area contributed by atoms with Crippen LogP contribution in [0.15, 0.2) is 41.9 Å². The van der Waals surface area contributed by atoms with E-state index in [0.29, 0.717) is 17.2 Å². The number of benzene rings is 1. The van der Waals surface area contributed by atoms with E-state index in [4.69, 9.17) is 5.73 Å². The molecular formula is C15H14F2N4S. The molecule has 3 rings (SSSR count). The zero-order valence-electron chi connectivity index (χ0n) is 11.8. The van der Waals surface area contributed by atoms with Crippen LogP contribution >= 0.6 is 11.8 Å². The van der Waals surface area contributed by atoms with Crippen LogP contribution in [0.1, 0.15) is 29.7 Å². The van der Waals surface area contributed by atoms with Gasteiger partial charge in [0.05, 0.1) is 5.54 Å². The number of nitrogens with zero attached hydrogens (tertiary/aromatic N) is 3. The Labute approximate surface area is 130 Å². The number of amidine groups is 1. The van der Waals surface area contributed by atoms with E-state index in [1.165, 1.54) is 30.2 Å². The minimum absolute atomic E-state index is 0.0341. The van der Waals surface area contributed by atoms with Crippen molar-refractivity contribution in [2.24, 2.45) is 10.7 Å². The summed E-state index contributed by atoms with van der Waals surface area (Å²) in [6.07, 6.45) is 5.40. The number of hydrogen-bond donors (Lipinski definition) is 1. The topological polar surface area (TPSA) is 64.2 Å². The van der Waals surface area contributed by atoms with Gasteiger partial charge in [0.1, 0.15) is 18.0 Å². The van der Waals surface area contributed by atoms with Gasteiger partial charge < -0.3 is 5.73 Å². The molecule has 0 bridgehead atoms. The fourth-order valence-electron chi connectivity index (χ4n) is 2.62. The lowest BCUT2D eigenvalue weighted by atomic mass is 9.86. The van der Waals surface area contributed by atoms with Crippen LogP contribution in [0.2, 0.25) is 0 Å². The summed E-state index contributed by atoms with van der Waals surface area (Å²) >= 11 is 1.40. The first-order valence-electron chi connectivity index (χ1n) is 6.70. The molecule has 0 saturated carbocycles. The Morgan fingerprint density at radius 2 is 2.00 bits per heavy atom. The highest BCUT2D eigenvalue weighted by atomic mass is 32.2. The highest BCUT2D eigenvalue weighted by molar-refractivity contribution is 8.14. The van der Waals surface area contributed by atoms with E-state index in [1.54, 1.807) is 19.3 Å².